The predicted molar refractivity (Wildman–Crippen MR) is 119 cm³/mol. The first kappa shape index (κ1) is 20.1. The smallest absolute Gasteiger partial charge is 0.324 e. The van der Waals surface area contributed by atoms with Crippen molar-refractivity contribution in [3.05, 3.63) is 84.8 Å². The summed E-state index contributed by atoms with van der Waals surface area (Å²) in [6, 6.07) is 19.7. The highest BCUT2D eigenvalue weighted by Gasteiger charge is 2.13. The Labute approximate surface area is 178 Å². The van der Waals surface area contributed by atoms with Gasteiger partial charge in [-0.1, -0.05) is 30.3 Å². The second kappa shape index (κ2) is 9.10. The maximum Gasteiger partial charge on any atom is 0.324 e. The van der Waals surface area contributed by atoms with E-state index < -0.39 is 6.03 Å². The SMILES string of the molecule is O=C(Nc1ccc(C(=O)NCCO)cc1)Nc1c(-c2ccccc2)ccc2cncn12. The van der Waals surface area contributed by atoms with E-state index in [0.717, 1.165) is 16.6 Å². The highest BCUT2D eigenvalue weighted by Crippen LogP contribution is 2.29. The van der Waals surface area contributed by atoms with Crippen LogP contribution in [0.3, 0.4) is 0 Å². The fourth-order valence-corrected chi connectivity index (χ4v) is 3.22. The fraction of sp³-hybridized carbons (Fsp3) is 0.0870. The van der Waals surface area contributed by atoms with Crippen LogP contribution in [0.2, 0.25) is 0 Å². The van der Waals surface area contributed by atoms with Crippen molar-refractivity contribution in [3.63, 3.8) is 0 Å². The molecule has 0 unspecified atom stereocenters. The van der Waals surface area contributed by atoms with Gasteiger partial charge in [-0.15, -0.1) is 0 Å². The van der Waals surface area contributed by atoms with Gasteiger partial charge in [-0.2, -0.15) is 0 Å². The molecule has 2 heterocycles. The number of amides is 3. The number of aliphatic hydroxyl groups is 1. The number of hydrogen-bond acceptors (Lipinski definition) is 4. The lowest BCUT2D eigenvalue weighted by Crippen LogP contribution is -2.26. The summed E-state index contributed by atoms with van der Waals surface area (Å²) in [7, 11) is 0. The summed E-state index contributed by atoms with van der Waals surface area (Å²) in [6.45, 7) is 0.0605. The minimum atomic E-state index is -0.420. The second-order valence-electron chi connectivity index (χ2n) is 6.79. The van der Waals surface area contributed by atoms with Gasteiger partial charge in [0.15, 0.2) is 0 Å². The minimum Gasteiger partial charge on any atom is -0.395 e. The van der Waals surface area contributed by atoms with Crippen molar-refractivity contribution in [2.75, 3.05) is 23.8 Å². The molecule has 4 rings (SSSR count). The van der Waals surface area contributed by atoms with Crippen LogP contribution >= 0.6 is 0 Å². The number of benzene rings is 2. The Bertz CT molecular complexity index is 1200. The van der Waals surface area contributed by atoms with E-state index in [1.54, 1.807) is 36.8 Å². The topological polar surface area (TPSA) is 108 Å². The molecule has 156 valence electrons. The Hall–Kier alpha value is -4.17. The first-order chi connectivity index (χ1) is 15.2. The van der Waals surface area contributed by atoms with Gasteiger partial charge in [-0.25, -0.2) is 9.78 Å². The molecule has 0 fully saturated rings. The molecule has 2 aromatic carbocycles. The number of anilines is 2. The molecule has 8 heteroatoms. The van der Waals surface area contributed by atoms with E-state index in [1.807, 2.05) is 46.9 Å². The Kier molecular flexibility index (Phi) is 5.91. The molecule has 4 N–H and O–H groups in total. The maximum absolute atomic E-state index is 12.7. The molecule has 31 heavy (non-hydrogen) atoms. The van der Waals surface area contributed by atoms with Gasteiger partial charge in [-0.05, 0) is 42.0 Å². The van der Waals surface area contributed by atoms with Gasteiger partial charge in [0.05, 0.1) is 18.3 Å². The number of pyridine rings is 1. The molecule has 0 radical (unpaired) electrons. The van der Waals surface area contributed by atoms with Crippen molar-refractivity contribution in [1.29, 1.82) is 0 Å². The summed E-state index contributed by atoms with van der Waals surface area (Å²) < 4.78 is 1.82. The Morgan fingerprint density at radius 3 is 2.45 bits per heavy atom. The van der Waals surface area contributed by atoms with Gasteiger partial charge in [0.1, 0.15) is 12.1 Å². The molecule has 8 nitrogen and oxygen atoms in total. The molecule has 0 spiro atoms. The highest BCUT2D eigenvalue weighted by atomic mass is 16.3. The van der Waals surface area contributed by atoms with E-state index in [9.17, 15) is 9.59 Å². The molecule has 0 saturated carbocycles. The van der Waals surface area contributed by atoms with E-state index >= 15 is 0 Å². The van der Waals surface area contributed by atoms with E-state index in [1.165, 1.54) is 0 Å². The van der Waals surface area contributed by atoms with Crippen LogP contribution in [-0.4, -0.2) is 39.6 Å². The third-order valence-electron chi connectivity index (χ3n) is 4.70. The number of rotatable bonds is 6. The number of aromatic nitrogens is 2. The molecular weight excluding hydrogens is 394 g/mol. The lowest BCUT2D eigenvalue weighted by Gasteiger charge is -2.15. The molecule has 4 aromatic rings. The average Bonchev–Trinajstić information content (AvgIpc) is 3.28. The zero-order valence-corrected chi connectivity index (χ0v) is 16.6. The molecule has 0 aliphatic heterocycles. The predicted octanol–water partition coefficient (Wildman–Crippen LogP) is 3.37. The standard InChI is InChI=1S/C23H21N5O3/c29-13-12-25-22(30)17-6-8-18(9-7-17)26-23(31)27-21-20(16-4-2-1-3-5-16)11-10-19-14-24-15-28(19)21/h1-11,14-15,29H,12-13H2,(H,25,30)(H2,26,27,31). The van der Waals surface area contributed by atoms with Crippen molar-refractivity contribution in [2.45, 2.75) is 0 Å². The van der Waals surface area contributed by atoms with E-state index in [-0.39, 0.29) is 19.1 Å². The monoisotopic (exact) mass is 415 g/mol. The lowest BCUT2D eigenvalue weighted by atomic mass is 10.1. The molecule has 0 atom stereocenters. The van der Waals surface area contributed by atoms with Gasteiger partial charge < -0.3 is 15.7 Å². The first-order valence-electron chi connectivity index (χ1n) is 9.73. The van der Waals surface area contributed by atoms with E-state index in [2.05, 4.69) is 20.9 Å². The van der Waals surface area contributed by atoms with Crippen LogP contribution < -0.4 is 16.0 Å². The number of nitrogens with zero attached hydrogens (tertiary/aromatic N) is 2. The van der Waals surface area contributed by atoms with Crippen molar-refractivity contribution >= 4 is 29.0 Å². The number of aliphatic hydroxyl groups excluding tert-OH is 1. The van der Waals surface area contributed by atoms with Crippen molar-refractivity contribution < 1.29 is 14.7 Å². The normalized spacial score (nSPS) is 10.6. The summed E-state index contributed by atoms with van der Waals surface area (Å²) in [4.78, 5) is 28.8. The summed E-state index contributed by atoms with van der Waals surface area (Å²) in [5, 5.41) is 17.1. The second-order valence-corrected chi connectivity index (χ2v) is 6.79. The van der Waals surface area contributed by atoms with Crippen LogP contribution in [0.4, 0.5) is 16.3 Å². The number of carbonyl (C=O) groups excluding carboxylic acids is 2. The van der Waals surface area contributed by atoms with Crippen LogP contribution in [0.1, 0.15) is 10.4 Å². The lowest BCUT2D eigenvalue weighted by molar-refractivity contribution is 0.0945. The van der Waals surface area contributed by atoms with Crippen molar-refractivity contribution in [1.82, 2.24) is 14.7 Å². The Morgan fingerprint density at radius 2 is 1.71 bits per heavy atom. The third-order valence-corrected chi connectivity index (χ3v) is 4.70. The Balaban J connectivity index is 1.54. The third kappa shape index (κ3) is 4.54. The number of imidazole rings is 1. The van der Waals surface area contributed by atoms with E-state index in [0.29, 0.717) is 17.1 Å². The first-order valence-corrected chi connectivity index (χ1v) is 9.73. The van der Waals surface area contributed by atoms with Gasteiger partial charge in [0.25, 0.3) is 5.91 Å². The van der Waals surface area contributed by atoms with Crippen molar-refractivity contribution in [2.24, 2.45) is 0 Å². The molecule has 2 aromatic heterocycles. The summed E-state index contributed by atoms with van der Waals surface area (Å²) in [5.41, 5.74) is 3.65. The summed E-state index contributed by atoms with van der Waals surface area (Å²) >= 11 is 0. The molecule has 0 aliphatic carbocycles. The van der Waals surface area contributed by atoms with Crippen LogP contribution in [0.25, 0.3) is 16.6 Å². The molecule has 3 amide bonds. The maximum atomic E-state index is 12.7. The largest absolute Gasteiger partial charge is 0.395 e. The minimum absolute atomic E-state index is 0.125. The summed E-state index contributed by atoms with van der Waals surface area (Å²) in [6.07, 6.45) is 3.37. The zero-order valence-electron chi connectivity index (χ0n) is 16.6. The number of urea groups is 1. The molecule has 0 aliphatic rings. The fourth-order valence-electron chi connectivity index (χ4n) is 3.22. The van der Waals surface area contributed by atoms with Gasteiger partial charge in [-0.3, -0.25) is 14.5 Å². The zero-order chi connectivity index (χ0) is 21.6. The number of carbonyl (C=O) groups is 2. The van der Waals surface area contributed by atoms with Crippen LogP contribution in [0.15, 0.2) is 79.3 Å². The van der Waals surface area contributed by atoms with Gasteiger partial charge in [0, 0.05) is 23.4 Å². The summed E-state index contributed by atoms with van der Waals surface area (Å²) in [5.74, 6) is 0.308. The quantitative estimate of drug-likeness (QED) is 0.387. The number of hydrogen-bond donors (Lipinski definition) is 4. The number of fused-ring (bicyclic) bond motifs is 1. The van der Waals surface area contributed by atoms with Crippen molar-refractivity contribution in [3.8, 4) is 11.1 Å². The number of nitrogens with one attached hydrogen (secondary N) is 3. The highest BCUT2D eigenvalue weighted by molar-refractivity contribution is 6.02. The molecular formula is C23H21N5O3. The van der Waals surface area contributed by atoms with Gasteiger partial charge in [0.2, 0.25) is 0 Å². The Morgan fingerprint density at radius 1 is 0.935 bits per heavy atom. The molecule has 0 saturated heterocycles. The van der Waals surface area contributed by atoms with E-state index in [4.69, 9.17) is 5.11 Å². The molecule has 0 bridgehead atoms. The van der Waals surface area contributed by atoms with Crippen LogP contribution in [0.5, 0.6) is 0 Å². The van der Waals surface area contributed by atoms with Crippen LogP contribution in [-0.2, 0) is 0 Å². The van der Waals surface area contributed by atoms with Gasteiger partial charge >= 0.3 is 6.03 Å². The van der Waals surface area contributed by atoms with Crippen LogP contribution in [0, 0.1) is 0 Å². The average molecular weight is 415 g/mol.